The molecule has 0 aromatic heterocycles. The molecular weight excluding hydrogens is 546 g/mol. The third-order valence-electron chi connectivity index (χ3n) is 5.18. The summed E-state index contributed by atoms with van der Waals surface area (Å²) in [4.78, 5) is 28.1. The number of benzene rings is 3. The molecule has 5 nitrogen and oxygen atoms in total. The molecule has 7 heteroatoms. The highest BCUT2D eigenvalue weighted by atomic mass is 127. The Morgan fingerprint density at radius 1 is 0.971 bits per heavy atom. The smallest absolute Gasteiger partial charge is 0.261 e. The first-order valence-electron chi connectivity index (χ1n) is 11.1. The Bertz CT molecular complexity index is 1090. The molecule has 3 rings (SSSR count). The Labute approximate surface area is 213 Å². The van der Waals surface area contributed by atoms with E-state index in [1.807, 2.05) is 56.3 Å². The molecular formula is C27H28FIN2O3. The highest BCUT2D eigenvalue weighted by Gasteiger charge is 2.31. The van der Waals surface area contributed by atoms with Crippen molar-refractivity contribution in [1.29, 1.82) is 0 Å². The minimum absolute atomic E-state index is 0.0510. The predicted octanol–water partition coefficient (Wildman–Crippen LogP) is 4.97. The van der Waals surface area contributed by atoms with Crippen molar-refractivity contribution in [3.63, 3.8) is 0 Å². The van der Waals surface area contributed by atoms with Gasteiger partial charge in [-0.1, -0.05) is 48.5 Å². The lowest BCUT2D eigenvalue weighted by Gasteiger charge is -2.32. The minimum atomic E-state index is -0.836. The zero-order valence-electron chi connectivity index (χ0n) is 19.2. The second kappa shape index (κ2) is 12.5. The van der Waals surface area contributed by atoms with Crippen molar-refractivity contribution in [2.45, 2.75) is 38.9 Å². The number of rotatable bonds is 10. The summed E-state index contributed by atoms with van der Waals surface area (Å²) >= 11 is 2.19. The predicted molar refractivity (Wildman–Crippen MR) is 139 cm³/mol. The molecule has 3 aromatic rings. The monoisotopic (exact) mass is 574 g/mol. The maximum absolute atomic E-state index is 14.5. The van der Waals surface area contributed by atoms with Crippen LogP contribution >= 0.6 is 22.6 Å². The Morgan fingerprint density at radius 3 is 2.26 bits per heavy atom. The summed E-state index contributed by atoms with van der Waals surface area (Å²) in [6.07, 6.45) is 0.295. The molecule has 178 valence electrons. The zero-order chi connectivity index (χ0) is 24.5. The van der Waals surface area contributed by atoms with Gasteiger partial charge in [0.25, 0.3) is 5.91 Å². The number of amides is 2. The van der Waals surface area contributed by atoms with Crippen LogP contribution in [0.4, 0.5) is 4.39 Å². The SMILES string of the molecule is CC(C)NC(=O)C(Cc1ccccc1)N(Cc1ccccc1F)C(=O)COc1ccc(I)cc1. The molecule has 0 heterocycles. The summed E-state index contributed by atoms with van der Waals surface area (Å²) < 4.78 is 21.3. The van der Waals surface area contributed by atoms with Gasteiger partial charge in [0.05, 0.1) is 0 Å². The molecule has 0 spiro atoms. The van der Waals surface area contributed by atoms with Crippen molar-refractivity contribution in [2.75, 3.05) is 6.61 Å². The molecule has 2 amide bonds. The number of hydrogen-bond acceptors (Lipinski definition) is 3. The maximum Gasteiger partial charge on any atom is 0.261 e. The van der Waals surface area contributed by atoms with E-state index in [1.54, 1.807) is 30.3 Å². The lowest BCUT2D eigenvalue weighted by Crippen LogP contribution is -2.53. The van der Waals surface area contributed by atoms with E-state index in [4.69, 9.17) is 4.74 Å². The van der Waals surface area contributed by atoms with Gasteiger partial charge in [0.15, 0.2) is 6.61 Å². The largest absolute Gasteiger partial charge is 0.484 e. The van der Waals surface area contributed by atoms with E-state index in [2.05, 4.69) is 27.9 Å². The standard InChI is InChI=1S/C27H28FIN2O3/c1-19(2)30-27(33)25(16-20-8-4-3-5-9-20)31(17-21-10-6-7-11-24(21)28)26(32)18-34-23-14-12-22(29)13-15-23/h3-15,19,25H,16-18H2,1-2H3,(H,30,33). The van der Waals surface area contributed by atoms with E-state index < -0.39 is 17.8 Å². The van der Waals surface area contributed by atoms with Gasteiger partial charge in [0.1, 0.15) is 17.6 Å². The van der Waals surface area contributed by atoms with Crippen LogP contribution in [0.15, 0.2) is 78.9 Å². The lowest BCUT2D eigenvalue weighted by molar-refractivity contribution is -0.143. The first kappa shape index (κ1) is 25.7. The van der Waals surface area contributed by atoms with Gasteiger partial charge in [-0.2, -0.15) is 0 Å². The van der Waals surface area contributed by atoms with Crippen molar-refractivity contribution >= 4 is 34.4 Å². The molecule has 1 atom stereocenters. The molecule has 0 aliphatic rings. The molecule has 3 aromatic carbocycles. The van der Waals surface area contributed by atoms with Gasteiger partial charge >= 0.3 is 0 Å². The summed E-state index contributed by atoms with van der Waals surface area (Å²) in [6, 6.07) is 22.1. The number of halogens is 2. The van der Waals surface area contributed by atoms with Gasteiger partial charge in [-0.3, -0.25) is 9.59 Å². The highest BCUT2D eigenvalue weighted by Crippen LogP contribution is 2.18. The van der Waals surface area contributed by atoms with Crippen molar-refractivity contribution < 1.29 is 18.7 Å². The van der Waals surface area contributed by atoms with Crippen LogP contribution in [0.1, 0.15) is 25.0 Å². The lowest BCUT2D eigenvalue weighted by atomic mass is 10.0. The van der Waals surface area contributed by atoms with Crippen LogP contribution in [0.2, 0.25) is 0 Å². The van der Waals surface area contributed by atoms with Gasteiger partial charge in [-0.15, -0.1) is 0 Å². The van der Waals surface area contributed by atoms with Crippen LogP contribution in [-0.4, -0.2) is 35.4 Å². The average molecular weight is 574 g/mol. The number of ether oxygens (including phenoxy) is 1. The summed E-state index contributed by atoms with van der Waals surface area (Å²) in [5.41, 5.74) is 1.23. The van der Waals surface area contributed by atoms with Crippen molar-refractivity contribution in [2.24, 2.45) is 0 Å². The molecule has 0 aliphatic carbocycles. The summed E-state index contributed by atoms with van der Waals surface area (Å²) in [7, 11) is 0. The molecule has 1 unspecified atom stereocenters. The van der Waals surface area contributed by atoms with Crippen LogP contribution in [0.25, 0.3) is 0 Å². The number of carbonyl (C=O) groups is 2. The van der Waals surface area contributed by atoms with E-state index in [-0.39, 0.29) is 25.1 Å². The van der Waals surface area contributed by atoms with E-state index >= 15 is 0 Å². The van der Waals surface area contributed by atoms with E-state index in [1.165, 1.54) is 11.0 Å². The molecule has 34 heavy (non-hydrogen) atoms. The Balaban J connectivity index is 1.91. The van der Waals surface area contributed by atoms with E-state index in [0.717, 1.165) is 9.13 Å². The fourth-order valence-electron chi connectivity index (χ4n) is 3.50. The van der Waals surface area contributed by atoms with Gasteiger partial charge in [-0.25, -0.2) is 4.39 Å². The van der Waals surface area contributed by atoms with Gasteiger partial charge in [0.2, 0.25) is 5.91 Å². The molecule has 0 bridgehead atoms. The fraction of sp³-hybridized carbons (Fsp3) is 0.259. The second-order valence-electron chi connectivity index (χ2n) is 8.22. The van der Waals surface area contributed by atoms with Gasteiger partial charge < -0.3 is 15.0 Å². The molecule has 1 N–H and O–H groups in total. The molecule has 0 saturated carbocycles. The third kappa shape index (κ3) is 7.55. The third-order valence-corrected chi connectivity index (χ3v) is 5.90. The van der Waals surface area contributed by atoms with E-state index in [0.29, 0.717) is 17.7 Å². The molecule has 0 radical (unpaired) electrons. The number of nitrogens with zero attached hydrogens (tertiary/aromatic N) is 1. The topological polar surface area (TPSA) is 58.6 Å². The number of hydrogen-bond donors (Lipinski definition) is 1. The Morgan fingerprint density at radius 2 is 1.62 bits per heavy atom. The first-order valence-corrected chi connectivity index (χ1v) is 12.2. The van der Waals surface area contributed by atoms with Crippen LogP contribution in [0.5, 0.6) is 5.75 Å². The van der Waals surface area contributed by atoms with Crippen molar-refractivity contribution in [3.8, 4) is 5.75 Å². The quantitative estimate of drug-likeness (QED) is 0.348. The van der Waals surface area contributed by atoms with Crippen LogP contribution in [-0.2, 0) is 22.6 Å². The average Bonchev–Trinajstić information content (AvgIpc) is 2.82. The van der Waals surface area contributed by atoms with Gasteiger partial charge in [0, 0.05) is 28.1 Å². The highest BCUT2D eigenvalue weighted by molar-refractivity contribution is 14.1. The molecule has 0 fully saturated rings. The summed E-state index contributed by atoms with van der Waals surface area (Å²) in [5, 5.41) is 2.91. The van der Waals surface area contributed by atoms with Crippen LogP contribution in [0, 0.1) is 9.39 Å². The zero-order valence-corrected chi connectivity index (χ0v) is 21.4. The summed E-state index contributed by atoms with van der Waals surface area (Å²) in [6.45, 7) is 3.40. The van der Waals surface area contributed by atoms with Crippen LogP contribution < -0.4 is 10.1 Å². The first-order chi connectivity index (χ1) is 16.3. The Kier molecular flexibility index (Phi) is 9.44. The van der Waals surface area contributed by atoms with E-state index in [9.17, 15) is 14.0 Å². The normalized spacial score (nSPS) is 11.7. The molecule has 0 aliphatic heterocycles. The van der Waals surface area contributed by atoms with Crippen LogP contribution in [0.3, 0.4) is 0 Å². The number of carbonyl (C=O) groups excluding carboxylic acids is 2. The van der Waals surface area contributed by atoms with Crippen molar-refractivity contribution in [3.05, 3.63) is 99.4 Å². The number of nitrogens with one attached hydrogen (secondary N) is 1. The minimum Gasteiger partial charge on any atom is -0.484 e. The fourth-order valence-corrected chi connectivity index (χ4v) is 3.86. The summed E-state index contributed by atoms with van der Waals surface area (Å²) in [5.74, 6) is -0.577. The Hall–Kier alpha value is -2.94. The van der Waals surface area contributed by atoms with Gasteiger partial charge in [-0.05, 0) is 72.3 Å². The maximum atomic E-state index is 14.5. The van der Waals surface area contributed by atoms with Crippen molar-refractivity contribution in [1.82, 2.24) is 10.2 Å². The molecule has 0 saturated heterocycles. The second-order valence-corrected chi connectivity index (χ2v) is 9.47.